The molecule has 2 heteroatoms. The number of hydrogen-bond acceptors (Lipinski definition) is 0. The molecule has 2 aromatic heterocycles. The van der Waals surface area contributed by atoms with E-state index in [0.717, 1.165) is 16.9 Å². The van der Waals surface area contributed by atoms with E-state index in [1.807, 2.05) is 0 Å². The second-order valence-corrected chi connectivity index (χ2v) is 17.7. The summed E-state index contributed by atoms with van der Waals surface area (Å²) < 4.78 is 4.95. The van der Waals surface area contributed by atoms with Crippen molar-refractivity contribution in [3.63, 3.8) is 0 Å². The molecule has 13 aromatic rings. The SMILES string of the molecule is c1ccc(-c2cccc(-n3c4ccc(-c5ccc6c(c5)c5cc(-c7ccccc7)cc(-c7ccccc7)c5n6-c5ccccc5)cc4c4cc(-c5ccccc5)cc(-c5ccccc5)c43)c2)cc1. The number of aromatic nitrogens is 2. The lowest BCUT2D eigenvalue weighted by molar-refractivity contribution is 1.18. The first-order valence-electron chi connectivity index (χ1n) is 23.4. The van der Waals surface area contributed by atoms with Crippen LogP contribution in [0, 0.1) is 0 Å². The molecule has 2 heterocycles. The van der Waals surface area contributed by atoms with E-state index >= 15 is 0 Å². The van der Waals surface area contributed by atoms with Gasteiger partial charge in [0.2, 0.25) is 0 Å². The first-order valence-corrected chi connectivity index (χ1v) is 23.4. The van der Waals surface area contributed by atoms with E-state index in [4.69, 9.17) is 0 Å². The van der Waals surface area contributed by atoms with Crippen molar-refractivity contribution >= 4 is 43.6 Å². The molecule has 0 amide bonds. The molecule has 0 saturated carbocycles. The van der Waals surface area contributed by atoms with Crippen LogP contribution in [0.2, 0.25) is 0 Å². The summed E-state index contributed by atoms with van der Waals surface area (Å²) in [5.41, 5.74) is 21.3. The van der Waals surface area contributed by atoms with Crippen LogP contribution in [0.3, 0.4) is 0 Å². The molecule has 0 radical (unpaired) electrons. The van der Waals surface area contributed by atoms with Crippen LogP contribution in [0.15, 0.2) is 267 Å². The van der Waals surface area contributed by atoms with Gasteiger partial charge in [0.1, 0.15) is 0 Å². The second-order valence-electron chi connectivity index (χ2n) is 17.7. The predicted molar refractivity (Wildman–Crippen MR) is 288 cm³/mol. The van der Waals surface area contributed by atoms with Gasteiger partial charge in [0.05, 0.1) is 22.1 Å². The van der Waals surface area contributed by atoms with Crippen LogP contribution in [-0.4, -0.2) is 9.13 Å². The Balaban J connectivity index is 1.09. The third-order valence-electron chi connectivity index (χ3n) is 13.7. The molecule has 13 rings (SSSR count). The summed E-state index contributed by atoms with van der Waals surface area (Å²) in [5.74, 6) is 0. The molecule has 0 unspecified atom stereocenters. The summed E-state index contributed by atoms with van der Waals surface area (Å²) in [6.07, 6.45) is 0. The van der Waals surface area contributed by atoms with Crippen molar-refractivity contribution in [1.29, 1.82) is 0 Å². The third kappa shape index (κ3) is 6.73. The Hall–Kier alpha value is -8.98. The number of fused-ring (bicyclic) bond motifs is 6. The van der Waals surface area contributed by atoms with Crippen LogP contribution < -0.4 is 0 Å². The first-order chi connectivity index (χ1) is 33.7. The second kappa shape index (κ2) is 16.5. The molecule has 0 saturated heterocycles. The van der Waals surface area contributed by atoms with Gasteiger partial charge in [-0.3, -0.25) is 0 Å². The zero-order valence-corrected chi connectivity index (χ0v) is 37.3. The average molecular weight is 865 g/mol. The number of hydrogen-bond donors (Lipinski definition) is 0. The average Bonchev–Trinajstić information content (AvgIpc) is 3.94. The highest BCUT2D eigenvalue weighted by molar-refractivity contribution is 6.18. The highest BCUT2D eigenvalue weighted by atomic mass is 15.0. The quantitative estimate of drug-likeness (QED) is 0.144. The summed E-state index contributed by atoms with van der Waals surface area (Å²) in [6, 6.07) is 97.6. The Bertz CT molecular complexity index is 3960. The highest BCUT2D eigenvalue weighted by Gasteiger charge is 2.22. The molecule has 0 bridgehead atoms. The summed E-state index contributed by atoms with van der Waals surface area (Å²) in [4.78, 5) is 0. The van der Waals surface area contributed by atoms with Crippen molar-refractivity contribution in [2.24, 2.45) is 0 Å². The van der Waals surface area contributed by atoms with E-state index < -0.39 is 0 Å². The lowest BCUT2D eigenvalue weighted by atomic mass is 9.94. The predicted octanol–water partition coefficient (Wildman–Crippen LogP) is 17.9. The summed E-state index contributed by atoms with van der Waals surface area (Å²) in [5, 5.41) is 4.87. The monoisotopic (exact) mass is 864 g/mol. The third-order valence-corrected chi connectivity index (χ3v) is 13.7. The van der Waals surface area contributed by atoms with Crippen molar-refractivity contribution in [1.82, 2.24) is 9.13 Å². The molecule has 0 fully saturated rings. The van der Waals surface area contributed by atoms with Gasteiger partial charge in [-0.25, -0.2) is 0 Å². The maximum Gasteiger partial charge on any atom is 0.0619 e. The van der Waals surface area contributed by atoms with Crippen molar-refractivity contribution in [3.8, 4) is 78.1 Å². The number of para-hydroxylation sites is 1. The van der Waals surface area contributed by atoms with E-state index in [1.165, 1.54) is 105 Å². The van der Waals surface area contributed by atoms with E-state index in [9.17, 15) is 0 Å². The highest BCUT2D eigenvalue weighted by Crippen LogP contribution is 2.45. The van der Waals surface area contributed by atoms with Gasteiger partial charge in [0.25, 0.3) is 0 Å². The topological polar surface area (TPSA) is 9.86 Å². The molecule has 68 heavy (non-hydrogen) atoms. The van der Waals surface area contributed by atoms with Gasteiger partial charge in [0, 0.05) is 44.0 Å². The molecular weight excluding hydrogens is 821 g/mol. The Labute approximate surface area is 395 Å². The number of nitrogens with zero attached hydrogens (tertiary/aromatic N) is 2. The van der Waals surface area contributed by atoms with Crippen LogP contribution in [0.1, 0.15) is 0 Å². The van der Waals surface area contributed by atoms with Gasteiger partial charge in [-0.1, -0.05) is 194 Å². The molecule has 0 spiro atoms. The molecule has 0 atom stereocenters. The van der Waals surface area contributed by atoms with Crippen LogP contribution in [-0.2, 0) is 0 Å². The largest absolute Gasteiger partial charge is 0.309 e. The van der Waals surface area contributed by atoms with Gasteiger partial charge in [-0.05, 0) is 128 Å². The van der Waals surface area contributed by atoms with Crippen molar-refractivity contribution in [2.75, 3.05) is 0 Å². The maximum atomic E-state index is 2.49. The van der Waals surface area contributed by atoms with Gasteiger partial charge >= 0.3 is 0 Å². The number of rotatable bonds is 8. The summed E-state index contributed by atoms with van der Waals surface area (Å²) >= 11 is 0. The zero-order chi connectivity index (χ0) is 45.0. The molecule has 0 aliphatic heterocycles. The normalized spacial score (nSPS) is 11.5. The summed E-state index contributed by atoms with van der Waals surface area (Å²) in [7, 11) is 0. The van der Waals surface area contributed by atoms with E-state index in [-0.39, 0.29) is 0 Å². The molecule has 2 nitrogen and oxygen atoms in total. The van der Waals surface area contributed by atoms with Gasteiger partial charge in [-0.15, -0.1) is 0 Å². The minimum atomic E-state index is 1.13. The van der Waals surface area contributed by atoms with Gasteiger partial charge < -0.3 is 9.13 Å². The Morgan fingerprint density at radius 2 is 0.515 bits per heavy atom. The lowest BCUT2D eigenvalue weighted by Crippen LogP contribution is -1.96. The van der Waals surface area contributed by atoms with Crippen LogP contribution in [0.4, 0.5) is 0 Å². The Kier molecular flexibility index (Phi) is 9.54. The zero-order valence-electron chi connectivity index (χ0n) is 37.3. The smallest absolute Gasteiger partial charge is 0.0619 e. The molecular formula is C66H44N2. The summed E-state index contributed by atoms with van der Waals surface area (Å²) in [6.45, 7) is 0. The molecule has 0 aliphatic carbocycles. The Morgan fingerprint density at radius 3 is 0.956 bits per heavy atom. The maximum absolute atomic E-state index is 2.49. The van der Waals surface area contributed by atoms with Crippen molar-refractivity contribution in [2.45, 2.75) is 0 Å². The van der Waals surface area contributed by atoms with E-state index in [2.05, 4.69) is 276 Å². The van der Waals surface area contributed by atoms with Gasteiger partial charge in [0.15, 0.2) is 0 Å². The molecule has 11 aromatic carbocycles. The van der Waals surface area contributed by atoms with Crippen molar-refractivity contribution < 1.29 is 0 Å². The van der Waals surface area contributed by atoms with Gasteiger partial charge in [-0.2, -0.15) is 0 Å². The standard InChI is InChI=1S/C66H44N2/c1-7-20-45(21-8-1)50-30-19-33-56(38-50)68-64-37-35-52(40-60(64)62-44-54(47-24-11-3-12-25-47)42-58(66(62)68)49-28-15-5-16-29-49)51-34-36-63-59(39-51)61-43-53(46-22-9-2-10-23-46)41-57(48-26-13-4-14-27-48)65(61)67(63)55-31-17-6-18-32-55/h1-44H. The van der Waals surface area contributed by atoms with Crippen molar-refractivity contribution in [3.05, 3.63) is 267 Å². The minimum Gasteiger partial charge on any atom is -0.309 e. The van der Waals surface area contributed by atoms with E-state index in [0.29, 0.717) is 0 Å². The molecule has 0 N–H and O–H groups in total. The fourth-order valence-electron chi connectivity index (χ4n) is 10.5. The van der Waals surface area contributed by atoms with Crippen LogP contribution >= 0.6 is 0 Å². The Morgan fingerprint density at radius 1 is 0.191 bits per heavy atom. The van der Waals surface area contributed by atoms with Crippen LogP contribution in [0.5, 0.6) is 0 Å². The fourth-order valence-corrected chi connectivity index (χ4v) is 10.5. The lowest BCUT2D eigenvalue weighted by Gasteiger charge is -2.15. The van der Waals surface area contributed by atoms with Crippen LogP contribution in [0.25, 0.3) is 122 Å². The van der Waals surface area contributed by atoms with E-state index in [1.54, 1.807) is 0 Å². The first kappa shape index (κ1) is 39.4. The minimum absolute atomic E-state index is 1.13. The molecule has 318 valence electrons. The fraction of sp³-hybridized carbons (Fsp3) is 0. The number of benzene rings is 11. The molecule has 0 aliphatic rings.